The Labute approximate surface area is 178 Å². The van der Waals surface area contributed by atoms with E-state index >= 15 is 0 Å². The van der Waals surface area contributed by atoms with Crippen molar-refractivity contribution < 1.29 is 4.79 Å². The van der Waals surface area contributed by atoms with Gasteiger partial charge in [-0.25, -0.2) is 0 Å². The van der Waals surface area contributed by atoms with Crippen LogP contribution in [0.15, 0.2) is 50.5 Å². The van der Waals surface area contributed by atoms with Crippen LogP contribution in [0, 0.1) is 0 Å². The van der Waals surface area contributed by atoms with Crippen LogP contribution < -0.4 is 5.32 Å². The van der Waals surface area contributed by atoms with Gasteiger partial charge < -0.3 is 5.32 Å². The highest BCUT2D eigenvalue weighted by molar-refractivity contribution is 9.11. The van der Waals surface area contributed by atoms with Gasteiger partial charge in [0, 0.05) is 14.0 Å². The number of carbonyl (C=O) groups excluding carboxylic acids is 1. The molecule has 0 aliphatic heterocycles. The molecular formula is C16H9Br2ClN4OS2. The molecule has 2 aromatic heterocycles. The Hall–Kier alpha value is -1.13. The van der Waals surface area contributed by atoms with Crippen molar-refractivity contribution in [3.05, 3.63) is 50.4 Å². The maximum absolute atomic E-state index is 12.4. The Bertz CT molecular complexity index is 1120. The third-order valence-corrected chi connectivity index (χ3v) is 6.92. The van der Waals surface area contributed by atoms with Gasteiger partial charge in [-0.3, -0.25) is 9.20 Å². The lowest BCUT2D eigenvalue weighted by atomic mass is 10.3. The Balaban J connectivity index is 1.53. The zero-order chi connectivity index (χ0) is 18.3. The van der Waals surface area contributed by atoms with E-state index in [0.717, 1.165) is 15.2 Å². The number of thiazole rings is 1. The van der Waals surface area contributed by atoms with Gasteiger partial charge >= 0.3 is 0 Å². The first-order chi connectivity index (χ1) is 12.5. The molecule has 1 amide bonds. The molecule has 0 spiro atoms. The van der Waals surface area contributed by atoms with Crippen molar-refractivity contribution in [2.45, 2.75) is 5.16 Å². The average Bonchev–Trinajstić information content (AvgIpc) is 3.15. The van der Waals surface area contributed by atoms with Gasteiger partial charge in [-0.05, 0) is 56.1 Å². The lowest BCUT2D eigenvalue weighted by Crippen LogP contribution is -2.15. The van der Waals surface area contributed by atoms with Crippen molar-refractivity contribution in [3.8, 4) is 0 Å². The van der Waals surface area contributed by atoms with Crippen LogP contribution in [0.3, 0.4) is 0 Å². The van der Waals surface area contributed by atoms with Crippen molar-refractivity contribution in [1.82, 2.24) is 14.6 Å². The second-order valence-corrected chi connectivity index (χ2v) is 9.35. The summed E-state index contributed by atoms with van der Waals surface area (Å²) in [5.74, 6) is 0.0712. The Morgan fingerprint density at radius 3 is 2.73 bits per heavy atom. The summed E-state index contributed by atoms with van der Waals surface area (Å²) in [6, 6.07) is 11.5. The standard InChI is InChI=1S/C16H9Br2ClN4OS2/c17-9-5-8(19)6-10(18)14(9)20-13(24)7-25-15-21-22-16-23(15)11-3-1-2-4-12(11)26-16/h1-6H,7H2,(H,20,24). The highest BCUT2D eigenvalue weighted by Gasteiger charge is 2.15. The van der Waals surface area contributed by atoms with Crippen LogP contribution in [0.2, 0.25) is 5.02 Å². The van der Waals surface area contributed by atoms with Gasteiger partial charge in [0.05, 0.1) is 21.7 Å². The van der Waals surface area contributed by atoms with Crippen molar-refractivity contribution in [2.75, 3.05) is 11.1 Å². The lowest BCUT2D eigenvalue weighted by Gasteiger charge is -2.10. The topological polar surface area (TPSA) is 59.3 Å². The summed E-state index contributed by atoms with van der Waals surface area (Å²) < 4.78 is 4.54. The van der Waals surface area contributed by atoms with E-state index in [9.17, 15) is 4.79 Å². The van der Waals surface area contributed by atoms with Crippen molar-refractivity contribution in [3.63, 3.8) is 0 Å². The number of aromatic nitrogens is 3. The van der Waals surface area contributed by atoms with Gasteiger partial charge in [-0.2, -0.15) is 0 Å². The van der Waals surface area contributed by atoms with E-state index in [1.54, 1.807) is 23.5 Å². The van der Waals surface area contributed by atoms with Gasteiger partial charge in [0.25, 0.3) is 0 Å². The molecule has 4 rings (SSSR count). The van der Waals surface area contributed by atoms with Crippen molar-refractivity contribution >= 4 is 93.3 Å². The Morgan fingerprint density at radius 2 is 1.96 bits per heavy atom. The summed E-state index contributed by atoms with van der Waals surface area (Å²) in [7, 11) is 0. The number of rotatable bonds is 4. The molecule has 0 bridgehead atoms. The Kier molecular flexibility index (Phi) is 5.24. The van der Waals surface area contributed by atoms with Crippen molar-refractivity contribution in [1.29, 1.82) is 0 Å². The minimum Gasteiger partial charge on any atom is -0.323 e. The first kappa shape index (κ1) is 18.2. The quantitative estimate of drug-likeness (QED) is 0.335. The molecule has 132 valence electrons. The normalized spacial score (nSPS) is 11.3. The number of nitrogens with one attached hydrogen (secondary N) is 1. The fraction of sp³-hybridized carbons (Fsp3) is 0.0625. The smallest absolute Gasteiger partial charge is 0.234 e. The number of benzene rings is 2. The number of hydrogen-bond acceptors (Lipinski definition) is 5. The van der Waals surface area contributed by atoms with Gasteiger partial charge in [-0.1, -0.05) is 46.8 Å². The first-order valence-electron chi connectivity index (χ1n) is 7.33. The summed E-state index contributed by atoms with van der Waals surface area (Å²) >= 11 is 15.7. The number of amides is 1. The molecular weight excluding hydrogens is 524 g/mol. The van der Waals surface area contributed by atoms with E-state index in [4.69, 9.17) is 11.6 Å². The molecule has 0 saturated carbocycles. The molecule has 0 fully saturated rings. The van der Waals surface area contributed by atoms with E-state index in [1.165, 1.54) is 11.8 Å². The SMILES string of the molecule is O=C(CSc1nnc2sc3ccccc3n12)Nc1c(Br)cc(Cl)cc1Br. The molecule has 5 nitrogen and oxygen atoms in total. The summed E-state index contributed by atoms with van der Waals surface area (Å²) in [5, 5.41) is 12.6. The molecule has 4 aromatic rings. The molecule has 10 heteroatoms. The van der Waals surface area contributed by atoms with E-state index in [1.807, 2.05) is 28.7 Å². The first-order valence-corrected chi connectivity index (χ1v) is 11.1. The maximum Gasteiger partial charge on any atom is 0.234 e. The fourth-order valence-corrected chi connectivity index (χ4v) is 6.05. The zero-order valence-corrected chi connectivity index (χ0v) is 18.4. The maximum atomic E-state index is 12.4. The minimum atomic E-state index is -0.144. The van der Waals surface area contributed by atoms with E-state index in [-0.39, 0.29) is 11.7 Å². The third kappa shape index (κ3) is 3.50. The number of fused-ring (bicyclic) bond motifs is 3. The number of carbonyl (C=O) groups is 1. The van der Waals surface area contributed by atoms with Gasteiger partial charge in [0.15, 0.2) is 5.16 Å². The number of thioether (sulfide) groups is 1. The Morgan fingerprint density at radius 1 is 1.23 bits per heavy atom. The molecule has 1 N–H and O–H groups in total. The van der Waals surface area contributed by atoms with E-state index in [2.05, 4.69) is 47.4 Å². The predicted molar refractivity (Wildman–Crippen MR) is 115 cm³/mol. The van der Waals surface area contributed by atoms with Crippen molar-refractivity contribution in [2.24, 2.45) is 0 Å². The number of hydrogen-bond donors (Lipinski definition) is 1. The van der Waals surface area contributed by atoms with Crippen LogP contribution in [-0.2, 0) is 4.79 Å². The summed E-state index contributed by atoms with van der Waals surface area (Å²) in [6.45, 7) is 0. The molecule has 0 aliphatic carbocycles. The zero-order valence-electron chi connectivity index (χ0n) is 12.9. The van der Waals surface area contributed by atoms with Crippen LogP contribution in [0.25, 0.3) is 15.2 Å². The van der Waals surface area contributed by atoms with E-state index in [0.29, 0.717) is 24.8 Å². The number of nitrogens with zero attached hydrogens (tertiary/aromatic N) is 3. The van der Waals surface area contributed by atoms with Crippen LogP contribution in [0.1, 0.15) is 0 Å². The summed E-state index contributed by atoms with van der Waals surface area (Å²) in [4.78, 5) is 13.2. The predicted octanol–water partition coefficient (Wildman–Crippen LogP) is 5.85. The highest BCUT2D eigenvalue weighted by atomic mass is 79.9. The lowest BCUT2D eigenvalue weighted by molar-refractivity contribution is -0.113. The average molecular weight is 533 g/mol. The van der Waals surface area contributed by atoms with Gasteiger partial charge in [0.1, 0.15) is 0 Å². The molecule has 26 heavy (non-hydrogen) atoms. The molecule has 0 aliphatic rings. The molecule has 0 saturated heterocycles. The van der Waals surface area contributed by atoms with E-state index < -0.39 is 0 Å². The monoisotopic (exact) mass is 530 g/mol. The molecule has 0 atom stereocenters. The number of halogens is 3. The second kappa shape index (κ2) is 7.47. The second-order valence-electron chi connectivity index (χ2n) is 5.25. The number of para-hydroxylation sites is 1. The fourth-order valence-electron chi connectivity index (χ4n) is 2.42. The highest BCUT2D eigenvalue weighted by Crippen LogP contribution is 2.34. The molecule has 0 radical (unpaired) electrons. The minimum absolute atomic E-state index is 0.144. The number of anilines is 1. The molecule has 2 aromatic carbocycles. The van der Waals surface area contributed by atoms with Crippen LogP contribution in [0.4, 0.5) is 5.69 Å². The molecule has 2 heterocycles. The largest absolute Gasteiger partial charge is 0.323 e. The third-order valence-electron chi connectivity index (χ3n) is 3.51. The van der Waals surface area contributed by atoms with Crippen LogP contribution >= 0.6 is 66.6 Å². The van der Waals surface area contributed by atoms with Crippen LogP contribution in [-0.4, -0.2) is 26.3 Å². The van der Waals surface area contributed by atoms with Gasteiger partial charge in [0.2, 0.25) is 10.9 Å². The van der Waals surface area contributed by atoms with Crippen LogP contribution in [0.5, 0.6) is 0 Å². The summed E-state index contributed by atoms with van der Waals surface area (Å²) in [6.07, 6.45) is 0. The van der Waals surface area contributed by atoms with Gasteiger partial charge in [-0.15, -0.1) is 10.2 Å². The summed E-state index contributed by atoms with van der Waals surface area (Å²) in [5.41, 5.74) is 1.69. The molecule has 0 unspecified atom stereocenters.